The monoisotopic (exact) mass is 349 g/mol. The summed E-state index contributed by atoms with van der Waals surface area (Å²) >= 11 is 4.37. The molecule has 1 aromatic heterocycles. The van der Waals surface area contributed by atoms with Crippen molar-refractivity contribution in [1.29, 1.82) is 0 Å². The number of aryl methyl sites for hydroxylation is 1. The highest BCUT2D eigenvalue weighted by Crippen LogP contribution is 2.37. The summed E-state index contributed by atoms with van der Waals surface area (Å²) in [6, 6.07) is 5.48. The normalized spacial score (nSPS) is 13.6. The van der Waals surface area contributed by atoms with Crippen LogP contribution in [0.15, 0.2) is 34.1 Å². The van der Waals surface area contributed by atoms with Gasteiger partial charge in [0.05, 0.1) is 11.6 Å². The molecule has 1 atom stereocenters. The molecule has 2 aromatic rings. The summed E-state index contributed by atoms with van der Waals surface area (Å²) in [5.41, 5.74) is 6.81. The molecule has 19 heavy (non-hydrogen) atoms. The zero-order valence-corrected chi connectivity index (χ0v) is 12.4. The Bertz CT molecular complexity index is 592. The molecule has 0 amide bonds. The lowest BCUT2D eigenvalue weighted by atomic mass is 10.0. The van der Waals surface area contributed by atoms with Crippen molar-refractivity contribution in [2.45, 2.75) is 19.1 Å². The average molecular weight is 350 g/mol. The Morgan fingerprint density at radius 3 is 2.47 bits per heavy atom. The summed E-state index contributed by atoms with van der Waals surface area (Å²) in [5, 5.41) is 1.88. The first-order valence-electron chi connectivity index (χ1n) is 5.47. The molecule has 1 aromatic carbocycles. The number of nitrogens with two attached hydrogens (primary N) is 1. The third-order valence-electron chi connectivity index (χ3n) is 2.84. The maximum Gasteiger partial charge on any atom is 0.417 e. The second-order valence-corrected chi connectivity index (χ2v) is 5.98. The maximum absolute atomic E-state index is 12.8. The van der Waals surface area contributed by atoms with Crippen LogP contribution in [0.4, 0.5) is 13.2 Å². The molecule has 0 radical (unpaired) electrons. The zero-order valence-electron chi connectivity index (χ0n) is 9.96. The molecule has 0 spiro atoms. The highest BCUT2D eigenvalue weighted by molar-refractivity contribution is 9.10. The smallest absolute Gasteiger partial charge is 0.320 e. The SMILES string of the molecule is Cc1ccsc1C(N)c1ccc(Br)c(C(F)(F)F)c1. The van der Waals surface area contributed by atoms with E-state index in [1.165, 1.54) is 17.4 Å². The van der Waals surface area contributed by atoms with E-state index >= 15 is 0 Å². The topological polar surface area (TPSA) is 26.0 Å². The van der Waals surface area contributed by atoms with Crippen molar-refractivity contribution in [1.82, 2.24) is 0 Å². The predicted molar refractivity (Wildman–Crippen MR) is 74.2 cm³/mol. The molecule has 0 aliphatic rings. The molecular formula is C13H11BrF3NS. The molecule has 102 valence electrons. The second kappa shape index (κ2) is 5.26. The molecule has 1 heterocycles. The molecule has 2 rings (SSSR count). The van der Waals surface area contributed by atoms with Gasteiger partial charge in [-0.3, -0.25) is 0 Å². The standard InChI is InChI=1S/C13H11BrF3NS/c1-7-4-5-19-12(7)11(18)8-2-3-10(14)9(6-8)13(15,16)17/h2-6,11H,18H2,1H3. The Labute approximate surface area is 121 Å². The summed E-state index contributed by atoms with van der Waals surface area (Å²) in [7, 11) is 0. The fraction of sp³-hybridized carbons (Fsp3) is 0.231. The van der Waals surface area contributed by atoms with Crippen LogP contribution in [0.2, 0.25) is 0 Å². The van der Waals surface area contributed by atoms with Gasteiger partial charge in [-0.15, -0.1) is 11.3 Å². The van der Waals surface area contributed by atoms with Crippen molar-refractivity contribution in [3.05, 3.63) is 55.7 Å². The minimum Gasteiger partial charge on any atom is -0.320 e. The van der Waals surface area contributed by atoms with E-state index in [1.807, 2.05) is 18.4 Å². The van der Waals surface area contributed by atoms with Gasteiger partial charge in [0, 0.05) is 9.35 Å². The Morgan fingerprint density at radius 1 is 1.26 bits per heavy atom. The van der Waals surface area contributed by atoms with Gasteiger partial charge in [0.15, 0.2) is 0 Å². The summed E-state index contributed by atoms with van der Waals surface area (Å²) < 4.78 is 38.6. The van der Waals surface area contributed by atoms with Crippen LogP contribution < -0.4 is 5.73 Å². The molecule has 0 saturated heterocycles. The van der Waals surface area contributed by atoms with Gasteiger partial charge in [-0.2, -0.15) is 13.2 Å². The minimum absolute atomic E-state index is 0.0267. The van der Waals surface area contributed by atoms with E-state index in [9.17, 15) is 13.2 Å². The Balaban J connectivity index is 2.44. The van der Waals surface area contributed by atoms with E-state index in [4.69, 9.17) is 5.73 Å². The number of hydrogen-bond donors (Lipinski definition) is 1. The first kappa shape index (κ1) is 14.6. The lowest BCUT2D eigenvalue weighted by molar-refractivity contribution is -0.138. The van der Waals surface area contributed by atoms with Gasteiger partial charge >= 0.3 is 6.18 Å². The third-order valence-corrected chi connectivity index (χ3v) is 4.63. The van der Waals surface area contributed by atoms with Crippen molar-refractivity contribution < 1.29 is 13.2 Å². The van der Waals surface area contributed by atoms with Gasteiger partial charge in [0.25, 0.3) is 0 Å². The average Bonchev–Trinajstić information content (AvgIpc) is 2.73. The Hall–Kier alpha value is -0.850. The minimum atomic E-state index is -4.39. The number of benzene rings is 1. The Morgan fingerprint density at radius 2 is 1.95 bits per heavy atom. The summed E-state index contributed by atoms with van der Waals surface area (Å²) in [5.74, 6) is 0. The van der Waals surface area contributed by atoms with Gasteiger partial charge in [0.1, 0.15) is 0 Å². The zero-order chi connectivity index (χ0) is 14.2. The van der Waals surface area contributed by atoms with Crippen molar-refractivity contribution >= 4 is 27.3 Å². The van der Waals surface area contributed by atoms with E-state index < -0.39 is 17.8 Å². The van der Waals surface area contributed by atoms with E-state index in [0.717, 1.165) is 16.5 Å². The van der Waals surface area contributed by atoms with Gasteiger partial charge in [0.2, 0.25) is 0 Å². The molecule has 1 nitrogen and oxygen atoms in total. The molecule has 0 aliphatic heterocycles. The van der Waals surface area contributed by atoms with Crippen LogP contribution in [0.5, 0.6) is 0 Å². The second-order valence-electron chi connectivity index (χ2n) is 4.18. The lowest BCUT2D eigenvalue weighted by Crippen LogP contribution is -2.14. The molecule has 0 fully saturated rings. The predicted octanol–water partition coefficient (Wildman–Crippen LogP) is 4.89. The Kier molecular flexibility index (Phi) is 4.03. The number of hydrogen-bond acceptors (Lipinski definition) is 2. The highest BCUT2D eigenvalue weighted by atomic mass is 79.9. The van der Waals surface area contributed by atoms with Crippen molar-refractivity contribution in [3.63, 3.8) is 0 Å². The van der Waals surface area contributed by atoms with Gasteiger partial charge in [-0.25, -0.2) is 0 Å². The number of alkyl halides is 3. The summed E-state index contributed by atoms with van der Waals surface area (Å²) in [6.07, 6.45) is -4.39. The van der Waals surface area contributed by atoms with E-state index in [0.29, 0.717) is 5.56 Å². The molecule has 1 unspecified atom stereocenters. The number of thiophene rings is 1. The quantitative estimate of drug-likeness (QED) is 0.820. The maximum atomic E-state index is 12.8. The highest BCUT2D eigenvalue weighted by Gasteiger charge is 2.33. The number of halogens is 4. The first-order valence-corrected chi connectivity index (χ1v) is 7.14. The van der Waals surface area contributed by atoms with E-state index in [-0.39, 0.29) is 4.47 Å². The van der Waals surface area contributed by atoms with Gasteiger partial charge < -0.3 is 5.73 Å². The lowest BCUT2D eigenvalue weighted by Gasteiger charge is -2.15. The van der Waals surface area contributed by atoms with Crippen LogP contribution in [-0.2, 0) is 6.18 Å². The molecular weight excluding hydrogens is 339 g/mol. The van der Waals surface area contributed by atoms with E-state index in [2.05, 4.69) is 15.9 Å². The third kappa shape index (κ3) is 3.01. The number of rotatable bonds is 2. The van der Waals surface area contributed by atoms with Crippen LogP contribution in [0.1, 0.15) is 27.6 Å². The van der Waals surface area contributed by atoms with Crippen molar-refractivity contribution in [3.8, 4) is 0 Å². The molecule has 2 N–H and O–H groups in total. The van der Waals surface area contributed by atoms with Crippen LogP contribution >= 0.6 is 27.3 Å². The van der Waals surface area contributed by atoms with Crippen LogP contribution in [0, 0.1) is 6.92 Å². The molecule has 0 saturated carbocycles. The summed E-state index contributed by atoms with van der Waals surface area (Å²) in [6.45, 7) is 1.90. The largest absolute Gasteiger partial charge is 0.417 e. The molecule has 0 aliphatic carbocycles. The fourth-order valence-electron chi connectivity index (χ4n) is 1.81. The summed E-state index contributed by atoms with van der Waals surface area (Å²) in [4.78, 5) is 0.885. The van der Waals surface area contributed by atoms with Crippen molar-refractivity contribution in [2.24, 2.45) is 5.73 Å². The molecule has 6 heteroatoms. The van der Waals surface area contributed by atoms with Gasteiger partial charge in [-0.05, 0) is 41.6 Å². The van der Waals surface area contributed by atoms with E-state index in [1.54, 1.807) is 6.07 Å². The first-order chi connectivity index (χ1) is 8.80. The van der Waals surface area contributed by atoms with Crippen molar-refractivity contribution in [2.75, 3.05) is 0 Å². The molecule has 0 bridgehead atoms. The van der Waals surface area contributed by atoms with Crippen LogP contribution in [0.25, 0.3) is 0 Å². The van der Waals surface area contributed by atoms with Gasteiger partial charge in [-0.1, -0.05) is 22.0 Å². The fourth-order valence-corrected chi connectivity index (χ4v) is 3.23. The van der Waals surface area contributed by atoms with Crippen LogP contribution in [0.3, 0.4) is 0 Å². The van der Waals surface area contributed by atoms with Crippen LogP contribution in [-0.4, -0.2) is 0 Å².